The summed E-state index contributed by atoms with van der Waals surface area (Å²) in [5.74, 6) is 0. The molecule has 0 aromatic heterocycles. The molecule has 10 heavy (non-hydrogen) atoms. The molecule has 1 atom stereocenters. The molecule has 4 N–H and O–H groups in total. The van der Waals surface area contributed by atoms with E-state index in [1.54, 1.807) is 0 Å². The molecule has 0 rings (SSSR count). The molecule has 0 saturated heterocycles. The highest BCUT2D eigenvalue weighted by molar-refractivity contribution is 7.77. The van der Waals surface area contributed by atoms with Crippen LogP contribution in [0.25, 0.3) is 0 Å². The van der Waals surface area contributed by atoms with Gasteiger partial charge in [0, 0.05) is 0 Å². The van der Waals surface area contributed by atoms with Gasteiger partial charge in [0.25, 0.3) is 0 Å². The first-order valence-corrected chi connectivity index (χ1v) is 3.75. The van der Waals surface area contributed by atoms with Gasteiger partial charge in [-0.15, -0.1) is 0 Å². The first-order valence-electron chi connectivity index (χ1n) is 2.64. The summed E-state index contributed by atoms with van der Waals surface area (Å²) in [7, 11) is 0. The van der Waals surface area contributed by atoms with E-state index in [4.69, 9.17) is 14.8 Å². The molecule has 0 aliphatic carbocycles. The number of nitrogens with one attached hydrogen (secondary N) is 1. The van der Waals surface area contributed by atoms with E-state index in [1.165, 1.54) is 6.92 Å². The molecule has 6 heteroatoms. The van der Waals surface area contributed by atoms with Crippen molar-refractivity contribution in [2.45, 2.75) is 12.5 Å². The summed E-state index contributed by atoms with van der Waals surface area (Å²) in [6, 6.07) is 0. The third-order valence-corrected chi connectivity index (χ3v) is 1.70. The number of hydrogen-bond donors (Lipinski definition) is 4. The molecular formula is C4H11NO4S. The van der Waals surface area contributed by atoms with Crippen molar-refractivity contribution in [1.29, 1.82) is 0 Å². The maximum atomic E-state index is 10.1. The molecule has 1 unspecified atom stereocenters. The quantitative estimate of drug-likeness (QED) is 0.384. The topological polar surface area (TPSA) is 89.8 Å². The van der Waals surface area contributed by atoms with E-state index in [1.807, 2.05) is 0 Å². The van der Waals surface area contributed by atoms with Crippen LogP contribution in [-0.2, 0) is 11.3 Å². The second-order valence-electron chi connectivity index (χ2n) is 2.23. The molecule has 0 bridgehead atoms. The molecule has 5 nitrogen and oxygen atoms in total. The Labute approximate surface area is 61.5 Å². The van der Waals surface area contributed by atoms with Gasteiger partial charge in [-0.2, -0.15) is 0 Å². The number of rotatable bonds is 4. The fourth-order valence-electron chi connectivity index (χ4n) is 0.325. The number of aliphatic hydroxyl groups excluding tert-OH is 2. The van der Waals surface area contributed by atoms with Crippen LogP contribution in [0.3, 0.4) is 0 Å². The van der Waals surface area contributed by atoms with Crippen molar-refractivity contribution in [2.24, 2.45) is 0 Å². The smallest absolute Gasteiger partial charge is 0.232 e. The van der Waals surface area contributed by atoms with Gasteiger partial charge in [-0.3, -0.25) is 4.55 Å². The lowest BCUT2D eigenvalue weighted by Gasteiger charge is -2.23. The zero-order valence-corrected chi connectivity index (χ0v) is 6.39. The van der Waals surface area contributed by atoms with Crippen LogP contribution in [0.15, 0.2) is 0 Å². The van der Waals surface area contributed by atoms with Crippen LogP contribution in [0.2, 0.25) is 0 Å². The molecule has 0 heterocycles. The Morgan fingerprint density at radius 1 is 1.50 bits per heavy atom. The standard InChI is InChI=1S/C4H11NO4S/c1-4(2-6,3-7)5-10(8)9/h5-7H,2-3H2,1H3,(H,8,9). The monoisotopic (exact) mass is 169 g/mol. The molecule has 0 spiro atoms. The van der Waals surface area contributed by atoms with Crippen molar-refractivity contribution in [3.63, 3.8) is 0 Å². The van der Waals surface area contributed by atoms with Crippen LogP contribution in [0.5, 0.6) is 0 Å². The normalized spacial score (nSPS) is 15.2. The van der Waals surface area contributed by atoms with Gasteiger partial charge in [-0.25, -0.2) is 8.93 Å². The Bertz CT molecular complexity index is 124. The Balaban J connectivity index is 3.92. The lowest BCUT2D eigenvalue weighted by molar-refractivity contribution is 0.121. The Morgan fingerprint density at radius 3 is 2.00 bits per heavy atom. The third kappa shape index (κ3) is 3.23. The van der Waals surface area contributed by atoms with E-state index in [2.05, 4.69) is 4.72 Å². The first-order chi connectivity index (χ1) is 4.54. The molecule has 0 amide bonds. The van der Waals surface area contributed by atoms with Crippen LogP contribution in [-0.4, -0.2) is 37.7 Å². The maximum Gasteiger partial charge on any atom is 0.232 e. The van der Waals surface area contributed by atoms with E-state index in [9.17, 15) is 4.21 Å². The van der Waals surface area contributed by atoms with E-state index in [0.29, 0.717) is 0 Å². The number of hydrogen-bond acceptors (Lipinski definition) is 3. The van der Waals surface area contributed by atoms with Crippen molar-refractivity contribution < 1.29 is 19.0 Å². The van der Waals surface area contributed by atoms with Crippen LogP contribution < -0.4 is 4.72 Å². The minimum atomic E-state index is -2.20. The molecular weight excluding hydrogens is 158 g/mol. The van der Waals surface area contributed by atoms with Crippen molar-refractivity contribution in [2.75, 3.05) is 13.2 Å². The van der Waals surface area contributed by atoms with E-state index in [-0.39, 0.29) is 0 Å². The fraction of sp³-hybridized carbons (Fsp3) is 1.00. The molecule has 0 aromatic carbocycles. The summed E-state index contributed by atoms with van der Waals surface area (Å²) in [5, 5.41) is 17.1. The summed E-state index contributed by atoms with van der Waals surface area (Å²) in [6.45, 7) is 0.646. The second-order valence-corrected chi connectivity index (χ2v) is 2.93. The zero-order valence-electron chi connectivity index (χ0n) is 5.57. The lowest BCUT2D eigenvalue weighted by Crippen LogP contribution is -2.49. The summed E-state index contributed by atoms with van der Waals surface area (Å²) in [5.41, 5.74) is -1.08. The first kappa shape index (κ1) is 9.99. The molecule has 0 aromatic rings. The third-order valence-electron chi connectivity index (χ3n) is 1.03. The van der Waals surface area contributed by atoms with Crippen LogP contribution >= 0.6 is 0 Å². The SMILES string of the molecule is CC(CO)(CO)NS(=O)O. The predicted molar refractivity (Wildman–Crippen MR) is 36.5 cm³/mol. The highest BCUT2D eigenvalue weighted by Gasteiger charge is 2.23. The summed E-state index contributed by atoms with van der Waals surface area (Å²) in [6.07, 6.45) is 0. The second kappa shape index (κ2) is 3.99. The molecule has 62 valence electrons. The summed E-state index contributed by atoms with van der Waals surface area (Å²) in [4.78, 5) is 0. The average Bonchev–Trinajstić information content (AvgIpc) is 1.87. The van der Waals surface area contributed by atoms with Crippen molar-refractivity contribution in [1.82, 2.24) is 4.72 Å². The molecule has 0 fully saturated rings. The number of aliphatic hydroxyl groups is 2. The Kier molecular flexibility index (Phi) is 3.99. The van der Waals surface area contributed by atoms with Crippen molar-refractivity contribution in [3.8, 4) is 0 Å². The van der Waals surface area contributed by atoms with Gasteiger partial charge in [0.1, 0.15) is 0 Å². The van der Waals surface area contributed by atoms with Crippen molar-refractivity contribution >= 4 is 11.3 Å². The van der Waals surface area contributed by atoms with Gasteiger partial charge in [0.2, 0.25) is 11.3 Å². The largest absolute Gasteiger partial charge is 0.394 e. The highest BCUT2D eigenvalue weighted by Crippen LogP contribution is 1.99. The Hall–Kier alpha value is -0.0100. The van der Waals surface area contributed by atoms with Crippen molar-refractivity contribution in [3.05, 3.63) is 0 Å². The predicted octanol–water partition coefficient (Wildman–Crippen LogP) is -1.54. The fourth-order valence-corrected chi connectivity index (χ4v) is 0.876. The maximum absolute atomic E-state index is 10.1. The van der Waals surface area contributed by atoms with Gasteiger partial charge in [-0.1, -0.05) is 0 Å². The molecule has 0 aliphatic rings. The zero-order chi connectivity index (χ0) is 8.20. The van der Waals surface area contributed by atoms with Crippen LogP contribution in [0.4, 0.5) is 0 Å². The Morgan fingerprint density at radius 2 is 1.90 bits per heavy atom. The molecule has 0 aliphatic heterocycles. The average molecular weight is 169 g/mol. The van der Waals surface area contributed by atoms with Crippen LogP contribution in [0, 0.1) is 0 Å². The summed E-state index contributed by atoms with van der Waals surface area (Å²) < 4.78 is 20.5. The minimum Gasteiger partial charge on any atom is -0.394 e. The molecule has 0 radical (unpaired) electrons. The molecule has 0 saturated carbocycles. The van der Waals surface area contributed by atoms with Gasteiger partial charge >= 0.3 is 0 Å². The van der Waals surface area contributed by atoms with Crippen LogP contribution in [0.1, 0.15) is 6.92 Å². The van der Waals surface area contributed by atoms with Gasteiger partial charge < -0.3 is 10.2 Å². The summed E-state index contributed by atoms with van der Waals surface area (Å²) >= 11 is -2.20. The lowest BCUT2D eigenvalue weighted by atomic mass is 10.1. The van der Waals surface area contributed by atoms with E-state index >= 15 is 0 Å². The van der Waals surface area contributed by atoms with Gasteiger partial charge in [0.05, 0.1) is 18.8 Å². The highest BCUT2D eigenvalue weighted by atomic mass is 32.2. The van der Waals surface area contributed by atoms with Gasteiger partial charge in [0.15, 0.2) is 0 Å². The minimum absolute atomic E-state index is 0.393. The van der Waals surface area contributed by atoms with E-state index in [0.717, 1.165) is 0 Å². The van der Waals surface area contributed by atoms with E-state index < -0.39 is 30.0 Å². The van der Waals surface area contributed by atoms with Gasteiger partial charge in [-0.05, 0) is 6.92 Å².